The van der Waals surface area contributed by atoms with Gasteiger partial charge < -0.3 is 10.3 Å². The van der Waals surface area contributed by atoms with E-state index >= 15 is 0 Å². The smallest absolute Gasteiger partial charge is 0.201 e. The van der Waals surface area contributed by atoms with Gasteiger partial charge in [-0.25, -0.2) is 9.97 Å². The third-order valence-corrected chi connectivity index (χ3v) is 4.53. The van der Waals surface area contributed by atoms with E-state index in [1.807, 2.05) is 48.0 Å². The highest BCUT2D eigenvalue weighted by molar-refractivity contribution is 7.13. The van der Waals surface area contributed by atoms with Crippen LogP contribution in [0.2, 0.25) is 0 Å². The van der Waals surface area contributed by atoms with Crippen molar-refractivity contribution in [1.29, 1.82) is 5.26 Å². The molecule has 4 rings (SSSR count). The lowest BCUT2D eigenvalue weighted by Gasteiger charge is -2.02. The van der Waals surface area contributed by atoms with Crippen molar-refractivity contribution in [2.45, 2.75) is 6.54 Å². The van der Waals surface area contributed by atoms with Gasteiger partial charge in [-0.15, -0.1) is 11.3 Å². The van der Waals surface area contributed by atoms with Gasteiger partial charge in [-0.2, -0.15) is 5.26 Å². The van der Waals surface area contributed by atoms with Crippen molar-refractivity contribution in [3.8, 4) is 16.6 Å². The molecule has 24 heavy (non-hydrogen) atoms. The van der Waals surface area contributed by atoms with E-state index in [2.05, 4.69) is 32.4 Å². The molecule has 2 aromatic carbocycles. The van der Waals surface area contributed by atoms with Gasteiger partial charge in [0.1, 0.15) is 5.01 Å². The van der Waals surface area contributed by atoms with Crippen LogP contribution in [0.25, 0.3) is 21.6 Å². The van der Waals surface area contributed by atoms with Crippen LogP contribution in [0.1, 0.15) is 11.1 Å². The van der Waals surface area contributed by atoms with Gasteiger partial charge in [0.05, 0.1) is 22.7 Å². The highest BCUT2D eigenvalue weighted by Crippen LogP contribution is 2.25. The Morgan fingerprint density at radius 1 is 1.17 bits per heavy atom. The molecule has 0 aliphatic rings. The molecule has 2 heterocycles. The van der Waals surface area contributed by atoms with E-state index in [9.17, 15) is 0 Å². The number of nitrogens with zero attached hydrogens (tertiary/aromatic N) is 3. The summed E-state index contributed by atoms with van der Waals surface area (Å²) in [7, 11) is 0. The van der Waals surface area contributed by atoms with E-state index < -0.39 is 0 Å². The fourth-order valence-corrected chi connectivity index (χ4v) is 3.11. The zero-order valence-electron chi connectivity index (χ0n) is 12.7. The molecular weight excluding hydrogens is 318 g/mol. The Morgan fingerprint density at radius 2 is 2.04 bits per heavy atom. The highest BCUT2D eigenvalue weighted by atomic mass is 32.1. The Hall–Kier alpha value is -3.17. The summed E-state index contributed by atoms with van der Waals surface area (Å²) in [5.74, 6) is 0.727. The van der Waals surface area contributed by atoms with Crippen molar-refractivity contribution in [1.82, 2.24) is 15.0 Å². The zero-order valence-corrected chi connectivity index (χ0v) is 13.5. The molecule has 0 fully saturated rings. The van der Waals surface area contributed by atoms with E-state index in [4.69, 9.17) is 5.26 Å². The minimum Gasteiger partial charge on any atom is -0.352 e. The molecule has 0 spiro atoms. The van der Waals surface area contributed by atoms with Gasteiger partial charge in [-0.05, 0) is 35.9 Å². The van der Waals surface area contributed by atoms with Crippen LogP contribution in [0.15, 0.2) is 54.0 Å². The van der Waals surface area contributed by atoms with Gasteiger partial charge in [0.25, 0.3) is 0 Å². The first kappa shape index (κ1) is 14.4. The van der Waals surface area contributed by atoms with Crippen LogP contribution < -0.4 is 5.32 Å². The lowest BCUT2D eigenvalue weighted by molar-refractivity contribution is 1.10. The highest BCUT2D eigenvalue weighted by Gasteiger charge is 2.06. The number of H-pyrrole nitrogens is 1. The summed E-state index contributed by atoms with van der Waals surface area (Å²) >= 11 is 1.62. The summed E-state index contributed by atoms with van der Waals surface area (Å²) in [6, 6.07) is 15.7. The molecular formula is C18H13N5S. The van der Waals surface area contributed by atoms with Crippen LogP contribution in [-0.2, 0) is 6.54 Å². The summed E-state index contributed by atoms with van der Waals surface area (Å²) in [5, 5.41) is 15.1. The van der Waals surface area contributed by atoms with Crippen LogP contribution >= 0.6 is 11.3 Å². The minimum absolute atomic E-state index is 0.644. The van der Waals surface area contributed by atoms with Crippen molar-refractivity contribution in [3.63, 3.8) is 0 Å². The molecule has 4 aromatic rings. The molecule has 0 unspecified atom stereocenters. The summed E-state index contributed by atoms with van der Waals surface area (Å²) in [5.41, 5.74) is 4.73. The fourth-order valence-electron chi connectivity index (χ4n) is 2.48. The Bertz CT molecular complexity index is 1010. The molecule has 5 nitrogen and oxygen atoms in total. The maximum atomic E-state index is 8.82. The minimum atomic E-state index is 0.644. The average molecular weight is 331 g/mol. The van der Waals surface area contributed by atoms with E-state index in [1.165, 1.54) is 0 Å². The molecule has 0 bridgehead atoms. The third kappa shape index (κ3) is 2.85. The Kier molecular flexibility index (Phi) is 3.69. The SMILES string of the molecule is N#Cc1ccc(CNc2nc3ccc(-c4nccs4)cc3[nH]2)cc1. The lowest BCUT2D eigenvalue weighted by Crippen LogP contribution is -2.00. The van der Waals surface area contributed by atoms with Gasteiger partial charge in [-0.1, -0.05) is 12.1 Å². The monoisotopic (exact) mass is 331 g/mol. The number of nitriles is 1. The molecule has 0 aliphatic heterocycles. The number of aromatic amines is 1. The maximum absolute atomic E-state index is 8.82. The largest absolute Gasteiger partial charge is 0.352 e. The van der Waals surface area contributed by atoms with Gasteiger partial charge in [0.2, 0.25) is 5.95 Å². The van der Waals surface area contributed by atoms with Crippen LogP contribution in [0.3, 0.4) is 0 Å². The Balaban J connectivity index is 1.53. The van der Waals surface area contributed by atoms with Crippen molar-refractivity contribution in [3.05, 3.63) is 65.2 Å². The van der Waals surface area contributed by atoms with Crippen molar-refractivity contribution in [2.75, 3.05) is 5.32 Å². The molecule has 2 aromatic heterocycles. The first-order valence-electron chi connectivity index (χ1n) is 7.44. The van der Waals surface area contributed by atoms with E-state index in [1.54, 1.807) is 11.3 Å². The number of anilines is 1. The summed E-state index contributed by atoms with van der Waals surface area (Å²) in [4.78, 5) is 12.2. The molecule has 0 saturated heterocycles. The molecule has 0 amide bonds. The van der Waals surface area contributed by atoms with E-state index in [0.717, 1.165) is 33.1 Å². The summed E-state index contributed by atoms with van der Waals surface area (Å²) in [6.45, 7) is 0.644. The molecule has 0 atom stereocenters. The summed E-state index contributed by atoms with van der Waals surface area (Å²) < 4.78 is 0. The molecule has 0 saturated carbocycles. The Labute approximate surface area is 142 Å². The average Bonchev–Trinajstić information content (AvgIpc) is 3.29. The van der Waals surface area contributed by atoms with E-state index in [-0.39, 0.29) is 0 Å². The molecule has 2 N–H and O–H groups in total. The van der Waals surface area contributed by atoms with Crippen LogP contribution in [0.4, 0.5) is 5.95 Å². The topological polar surface area (TPSA) is 77.4 Å². The van der Waals surface area contributed by atoms with E-state index in [0.29, 0.717) is 12.1 Å². The number of fused-ring (bicyclic) bond motifs is 1. The standard InChI is InChI=1S/C18H13N5S/c19-10-12-1-3-13(4-2-12)11-21-18-22-15-6-5-14(9-16(15)23-18)17-20-7-8-24-17/h1-9H,11H2,(H2,21,22,23). The quantitative estimate of drug-likeness (QED) is 0.588. The molecule has 6 heteroatoms. The number of hydrogen-bond acceptors (Lipinski definition) is 5. The van der Waals surface area contributed by atoms with Crippen LogP contribution in [0, 0.1) is 11.3 Å². The maximum Gasteiger partial charge on any atom is 0.201 e. The number of imidazole rings is 1. The number of rotatable bonds is 4. The number of nitrogens with one attached hydrogen (secondary N) is 2. The second kappa shape index (κ2) is 6.14. The van der Waals surface area contributed by atoms with Gasteiger partial charge in [0, 0.05) is 23.7 Å². The fraction of sp³-hybridized carbons (Fsp3) is 0.0556. The molecule has 116 valence electrons. The normalized spacial score (nSPS) is 10.6. The van der Waals surface area contributed by atoms with Crippen molar-refractivity contribution < 1.29 is 0 Å². The Morgan fingerprint density at radius 3 is 2.79 bits per heavy atom. The van der Waals surface area contributed by atoms with Gasteiger partial charge in [0.15, 0.2) is 0 Å². The second-order valence-electron chi connectivity index (χ2n) is 5.32. The predicted octanol–water partition coefficient (Wildman–Crippen LogP) is 4.17. The number of thiazole rings is 1. The van der Waals surface area contributed by atoms with Gasteiger partial charge >= 0.3 is 0 Å². The van der Waals surface area contributed by atoms with Gasteiger partial charge in [-0.3, -0.25) is 0 Å². The third-order valence-electron chi connectivity index (χ3n) is 3.70. The first-order chi connectivity index (χ1) is 11.8. The van der Waals surface area contributed by atoms with Crippen molar-refractivity contribution >= 4 is 28.3 Å². The second-order valence-corrected chi connectivity index (χ2v) is 6.21. The lowest BCUT2D eigenvalue weighted by atomic mass is 10.1. The first-order valence-corrected chi connectivity index (χ1v) is 8.32. The number of hydrogen-bond donors (Lipinski definition) is 2. The zero-order chi connectivity index (χ0) is 16.4. The van der Waals surface area contributed by atoms with Crippen LogP contribution in [-0.4, -0.2) is 15.0 Å². The number of aromatic nitrogens is 3. The molecule has 0 aliphatic carbocycles. The molecule has 0 radical (unpaired) electrons. The number of benzene rings is 2. The van der Waals surface area contributed by atoms with Crippen molar-refractivity contribution in [2.24, 2.45) is 0 Å². The predicted molar refractivity (Wildman–Crippen MR) is 95.7 cm³/mol. The van der Waals surface area contributed by atoms with Crippen LogP contribution in [0.5, 0.6) is 0 Å². The summed E-state index contributed by atoms with van der Waals surface area (Å²) in [6.07, 6.45) is 1.81.